The van der Waals surface area contributed by atoms with Crippen molar-refractivity contribution in [3.63, 3.8) is 0 Å². The molecule has 0 aliphatic heterocycles. The lowest BCUT2D eigenvalue weighted by Crippen LogP contribution is -2.28. The van der Waals surface area contributed by atoms with Crippen LogP contribution in [0.3, 0.4) is 0 Å². The van der Waals surface area contributed by atoms with Crippen molar-refractivity contribution in [2.45, 2.75) is 180 Å². The first kappa shape index (κ1) is 39.9. The fourth-order valence-corrected chi connectivity index (χ4v) is 4.93. The molecule has 1 amide bonds. The number of rotatable bonds is 31. The Balaban J connectivity index is 3.89. The molecule has 0 aliphatic carbocycles. The van der Waals surface area contributed by atoms with Crippen LogP contribution in [0.1, 0.15) is 174 Å². The van der Waals surface area contributed by atoms with Crippen LogP contribution < -0.4 is 5.32 Å². The van der Waals surface area contributed by atoms with Crippen LogP contribution in [0.15, 0.2) is 24.3 Å². The van der Waals surface area contributed by atoms with E-state index in [9.17, 15) is 14.4 Å². The van der Waals surface area contributed by atoms with E-state index in [1.165, 1.54) is 83.5 Å². The molecular formula is C36H65NO5. The van der Waals surface area contributed by atoms with Crippen LogP contribution in [-0.2, 0) is 19.1 Å². The van der Waals surface area contributed by atoms with E-state index in [0.29, 0.717) is 12.8 Å². The third kappa shape index (κ3) is 30.8. The van der Waals surface area contributed by atoms with Crippen molar-refractivity contribution in [2.75, 3.05) is 6.54 Å². The van der Waals surface area contributed by atoms with Crippen molar-refractivity contribution in [1.82, 2.24) is 5.32 Å². The summed E-state index contributed by atoms with van der Waals surface area (Å²) >= 11 is 0. The van der Waals surface area contributed by atoms with Crippen molar-refractivity contribution < 1.29 is 24.2 Å². The van der Waals surface area contributed by atoms with Crippen LogP contribution in [0.5, 0.6) is 0 Å². The quantitative estimate of drug-likeness (QED) is 0.0475. The molecule has 2 N–H and O–H groups in total. The maximum absolute atomic E-state index is 12.5. The van der Waals surface area contributed by atoms with Gasteiger partial charge < -0.3 is 15.2 Å². The minimum Gasteiger partial charge on any atom is -0.480 e. The van der Waals surface area contributed by atoms with Gasteiger partial charge >= 0.3 is 11.9 Å². The zero-order chi connectivity index (χ0) is 30.9. The van der Waals surface area contributed by atoms with Crippen LogP contribution in [-0.4, -0.2) is 35.6 Å². The van der Waals surface area contributed by atoms with E-state index < -0.39 is 5.97 Å². The molecule has 0 heterocycles. The van der Waals surface area contributed by atoms with Gasteiger partial charge in [0.15, 0.2) is 0 Å². The Bertz CT molecular complexity index is 703. The predicted molar refractivity (Wildman–Crippen MR) is 176 cm³/mol. The third-order valence-electron chi connectivity index (χ3n) is 7.58. The highest BCUT2D eigenvalue weighted by molar-refractivity contribution is 5.80. The van der Waals surface area contributed by atoms with E-state index >= 15 is 0 Å². The fraction of sp³-hybridized carbons (Fsp3) is 0.806. The number of esters is 1. The van der Waals surface area contributed by atoms with Gasteiger partial charge in [0.2, 0.25) is 5.91 Å². The molecule has 42 heavy (non-hydrogen) atoms. The Morgan fingerprint density at radius 2 is 1.12 bits per heavy atom. The summed E-state index contributed by atoms with van der Waals surface area (Å²) in [7, 11) is 0. The lowest BCUT2D eigenvalue weighted by Gasteiger charge is -2.15. The van der Waals surface area contributed by atoms with Gasteiger partial charge in [0, 0.05) is 12.8 Å². The molecular weight excluding hydrogens is 526 g/mol. The number of carboxylic acid groups (broad SMARTS) is 1. The fourth-order valence-electron chi connectivity index (χ4n) is 4.93. The molecule has 244 valence electrons. The van der Waals surface area contributed by atoms with Crippen molar-refractivity contribution in [3.05, 3.63) is 24.3 Å². The summed E-state index contributed by atoms with van der Waals surface area (Å²) < 4.78 is 5.81. The van der Waals surface area contributed by atoms with E-state index in [1.807, 2.05) is 0 Å². The lowest BCUT2D eigenvalue weighted by molar-refractivity contribution is -0.147. The standard InChI is InChI=1S/C36H65NO5/c1-3-5-7-9-10-11-12-13-14-15-16-17-18-19-20-21-27-31-36(41)42-33(28-24-8-6-4-2)29-25-22-23-26-30-34(38)37-32-35(39)40/h13-14,24,28,33H,3-12,15-23,25-27,29-32H2,1-2H3,(H,37,38)(H,39,40)/b14-13-,28-24-. The van der Waals surface area contributed by atoms with Crippen LogP contribution in [0.4, 0.5) is 0 Å². The van der Waals surface area contributed by atoms with Gasteiger partial charge in [0.25, 0.3) is 0 Å². The molecule has 0 spiro atoms. The first-order chi connectivity index (χ1) is 20.5. The molecule has 0 saturated heterocycles. The number of allylic oxidation sites excluding steroid dienone is 3. The Morgan fingerprint density at radius 1 is 0.619 bits per heavy atom. The lowest BCUT2D eigenvalue weighted by atomic mass is 10.1. The number of aliphatic carboxylic acids is 1. The van der Waals surface area contributed by atoms with Crippen LogP contribution in [0.25, 0.3) is 0 Å². The number of carboxylic acids is 1. The molecule has 0 rings (SSSR count). The number of amides is 1. The zero-order valence-electron chi connectivity index (χ0n) is 27.4. The average Bonchev–Trinajstić information content (AvgIpc) is 2.97. The van der Waals surface area contributed by atoms with E-state index in [-0.39, 0.29) is 24.5 Å². The van der Waals surface area contributed by atoms with Gasteiger partial charge in [-0.3, -0.25) is 14.4 Å². The topological polar surface area (TPSA) is 92.7 Å². The number of nitrogens with one attached hydrogen (secondary N) is 1. The molecule has 6 heteroatoms. The van der Waals surface area contributed by atoms with E-state index in [4.69, 9.17) is 9.84 Å². The summed E-state index contributed by atoms with van der Waals surface area (Å²) in [5.41, 5.74) is 0. The van der Waals surface area contributed by atoms with Crippen molar-refractivity contribution >= 4 is 17.8 Å². The Morgan fingerprint density at radius 3 is 1.71 bits per heavy atom. The largest absolute Gasteiger partial charge is 0.480 e. The SMILES string of the molecule is CCCC/C=C\C(CCCCCCC(=O)NCC(=O)O)OC(=O)CCCCCCCCC/C=C\CCCCCCCC. The minimum atomic E-state index is -1.03. The van der Waals surface area contributed by atoms with Gasteiger partial charge in [-0.2, -0.15) is 0 Å². The highest BCUT2D eigenvalue weighted by Gasteiger charge is 2.12. The second-order valence-electron chi connectivity index (χ2n) is 11.8. The molecule has 0 aromatic heterocycles. The summed E-state index contributed by atoms with van der Waals surface area (Å²) in [4.78, 5) is 34.6. The molecule has 0 radical (unpaired) electrons. The number of hydrogen-bond donors (Lipinski definition) is 2. The first-order valence-corrected chi connectivity index (χ1v) is 17.5. The van der Waals surface area contributed by atoms with E-state index in [0.717, 1.165) is 64.2 Å². The molecule has 0 fully saturated rings. The second-order valence-corrected chi connectivity index (χ2v) is 11.8. The Kier molecular flexibility index (Phi) is 30.2. The summed E-state index contributed by atoms with van der Waals surface area (Å²) in [6, 6.07) is 0. The van der Waals surface area contributed by atoms with E-state index in [1.54, 1.807) is 0 Å². The third-order valence-corrected chi connectivity index (χ3v) is 7.58. The highest BCUT2D eigenvalue weighted by atomic mass is 16.5. The van der Waals surface area contributed by atoms with Crippen LogP contribution in [0.2, 0.25) is 0 Å². The van der Waals surface area contributed by atoms with Gasteiger partial charge in [0.1, 0.15) is 12.6 Å². The Labute approximate surface area is 258 Å². The van der Waals surface area contributed by atoms with E-state index in [2.05, 4.69) is 43.5 Å². The molecule has 0 aromatic rings. The Hall–Kier alpha value is -2.11. The second kappa shape index (κ2) is 31.8. The molecule has 0 aromatic carbocycles. The molecule has 0 aliphatic rings. The number of ether oxygens (including phenoxy) is 1. The normalized spacial score (nSPS) is 12.2. The van der Waals surface area contributed by atoms with Gasteiger partial charge in [-0.25, -0.2) is 0 Å². The number of hydrogen-bond acceptors (Lipinski definition) is 4. The van der Waals surface area contributed by atoms with Crippen molar-refractivity contribution in [3.8, 4) is 0 Å². The zero-order valence-corrected chi connectivity index (χ0v) is 27.4. The molecule has 6 nitrogen and oxygen atoms in total. The maximum Gasteiger partial charge on any atom is 0.322 e. The number of unbranched alkanes of at least 4 members (excludes halogenated alkanes) is 18. The van der Waals surface area contributed by atoms with Crippen molar-refractivity contribution in [2.24, 2.45) is 0 Å². The summed E-state index contributed by atoms with van der Waals surface area (Å²) in [6.07, 6.45) is 36.2. The molecule has 1 unspecified atom stereocenters. The molecule has 1 atom stereocenters. The van der Waals surface area contributed by atoms with Crippen LogP contribution >= 0.6 is 0 Å². The summed E-state index contributed by atoms with van der Waals surface area (Å²) in [6.45, 7) is 4.11. The first-order valence-electron chi connectivity index (χ1n) is 17.5. The smallest absolute Gasteiger partial charge is 0.322 e. The number of carbonyl (C=O) groups excluding carboxylic acids is 2. The van der Waals surface area contributed by atoms with Gasteiger partial charge in [-0.1, -0.05) is 122 Å². The summed E-state index contributed by atoms with van der Waals surface area (Å²) in [5, 5.41) is 11.0. The predicted octanol–water partition coefficient (Wildman–Crippen LogP) is 10.0. The maximum atomic E-state index is 12.5. The van der Waals surface area contributed by atoms with Gasteiger partial charge in [0.05, 0.1) is 0 Å². The van der Waals surface area contributed by atoms with Gasteiger partial charge in [-0.15, -0.1) is 0 Å². The summed E-state index contributed by atoms with van der Waals surface area (Å²) in [5.74, 6) is -1.34. The number of carbonyl (C=O) groups is 3. The monoisotopic (exact) mass is 591 g/mol. The van der Waals surface area contributed by atoms with Crippen molar-refractivity contribution in [1.29, 1.82) is 0 Å². The molecule has 0 saturated carbocycles. The highest BCUT2D eigenvalue weighted by Crippen LogP contribution is 2.15. The average molecular weight is 592 g/mol. The van der Waals surface area contributed by atoms with Gasteiger partial charge in [-0.05, 0) is 63.9 Å². The van der Waals surface area contributed by atoms with Crippen LogP contribution in [0, 0.1) is 0 Å². The minimum absolute atomic E-state index is 0.0945. The molecule has 0 bridgehead atoms.